The van der Waals surface area contributed by atoms with E-state index in [1.165, 1.54) is 28.0 Å². The third-order valence-electron chi connectivity index (χ3n) is 6.88. The van der Waals surface area contributed by atoms with Gasteiger partial charge in [-0.15, -0.1) is 0 Å². The monoisotopic (exact) mass is 584 g/mol. The van der Waals surface area contributed by atoms with Crippen LogP contribution in [0.5, 0.6) is 5.75 Å². The topological polar surface area (TPSA) is 128 Å². The van der Waals surface area contributed by atoms with Gasteiger partial charge in [-0.05, 0) is 55.5 Å². The number of anilines is 2. The Morgan fingerprint density at radius 3 is 2.46 bits per heavy atom. The van der Waals surface area contributed by atoms with Crippen LogP contribution in [0.4, 0.5) is 20.6 Å². The number of urea groups is 1. The highest BCUT2D eigenvalue weighted by atomic mass is 32.2. The minimum Gasteiger partial charge on any atom is -0.485 e. The molecule has 3 aromatic rings. The lowest BCUT2D eigenvalue weighted by Crippen LogP contribution is -2.50. The number of halogens is 1. The second-order valence-electron chi connectivity index (χ2n) is 10.0. The van der Waals surface area contributed by atoms with Crippen LogP contribution in [0.25, 0.3) is 0 Å². The SMILES string of the molecule is C[C@H](CO)N1C[C@H](C)[C@@H](CN(C)C(=O)Nc2ccccc2)Oc2c(NS(=O)(=O)c3ccc(F)cc3)cccc2C1=O. The summed E-state index contributed by atoms with van der Waals surface area (Å²) in [4.78, 5) is 29.4. The maximum atomic E-state index is 13.6. The molecular weight excluding hydrogens is 551 g/mol. The molecule has 12 heteroatoms. The van der Waals surface area contributed by atoms with Crippen LogP contribution in [0.3, 0.4) is 0 Å². The second kappa shape index (κ2) is 12.6. The summed E-state index contributed by atoms with van der Waals surface area (Å²) in [6.45, 7) is 3.62. The molecule has 3 N–H and O–H groups in total. The van der Waals surface area contributed by atoms with Gasteiger partial charge in [-0.2, -0.15) is 0 Å². The van der Waals surface area contributed by atoms with Gasteiger partial charge in [0.15, 0.2) is 5.75 Å². The Labute approximate surface area is 238 Å². The fourth-order valence-electron chi connectivity index (χ4n) is 4.45. The van der Waals surface area contributed by atoms with Crippen molar-refractivity contribution in [2.45, 2.75) is 30.9 Å². The number of carbonyl (C=O) groups is 2. The van der Waals surface area contributed by atoms with Crippen molar-refractivity contribution in [3.8, 4) is 5.75 Å². The molecule has 0 unspecified atom stereocenters. The van der Waals surface area contributed by atoms with Crippen LogP contribution in [-0.4, -0.2) is 74.2 Å². The molecule has 3 amide bonds. The molecule has 218 valence electrons. The Morgan fingerprint density at radius 1 is 1.12 bits per heavy atom. The minimum atomic E-state index is -4.17. The maximum absolute atomic E-state index is 13.6. The Morgan fingerprint density at radius 2 is 1.80 bits per heavy atom. The van der Waals surface area contributed by atoms with Gasteiger partial charge in [-0.25, -0.2) is 17.6 Å². The van der Waals surface area contributed by atoms with E-state index in [0.717, 1.165) is 24.3 Å². The lowest BCUT2D eigenvalue weighted by molar-refractivity contribution is 0.0373. The number of likely N-dealkylation sites (N-methyl/N-ethyl adjacent to an activating group) is 1. The number of nitrogens with zero attached hydrogens (tertiary/aromatic N) is 2. The normalized spacial score (nSPS) is 17.9. The Hall–Kier alpha value is -4.16. The highest BCUT2D eigenvalue weighted by molar-refractivity contribution is 7.92. The van der Waals surface area contributed by atoms with E-state index in [4.69, 9.17) is 4.74 Å². The highest BCUT2D eigenvalue weighted by Crippen LogP contribution is 2.36. The Bertz CT molecular complexity index is 1490. The number of hydrogen-bond acceptors (Lipinski definition) is 6. The third-order valence-corrected chi connectivity index (χ3v) is 8.27. The van der Waals surface area contributed by atoms with Crippen LogP contribution in [0, 0.1) is 11.7 Å². The van der Waals surface area contributed by atoms with Crippen LogP contribution < -0.4 is 14.8 Å². The quantitative estimate of drug-likeness (QED) is 0.367. The van der Waals surface area contributed by atoms with Crippen molar-refractivity contribution < 1.29 is 32.2 Å². The average Bonchev–Trinajstić information content (AvgIpc) is 2.95. The molecule has 3 aromatic carbocycles. The van der Waals surface area contributed by atoms with E-state index in [-0.39, 0.29) is 53.5 Å². The molecule has 0 bridgehead atoms. The van der Waals surface area contributed by atoms with E-state index in [1.807, 2.05) is 13.0 Å². The van der Waals surface area contributed by atoms with Crippen molar-refractivity contribution in [3.05, 3.63) is 84.2 Å². The molecule has 0 saturated heterocycles. The molecule has 3 atom stereocenters. The molecule has 4 rings (SSSR count). The summed E-state index contributed by atoms with van der Waals surface area (Å²) in [5.41, 5.74) is 0.720. The number of amides is 3. The van der Waals surface area contributed by atoms with Gasteiger partial charge in [0.25, 0.3) is 15.9 Å². The first-order valence-corrected chi connectivity index (χ1v) is 14.6. The van der Waals surface area contributed by atoms with Gasteiger partial charge in [0, 0.05) is 25.2 Å². The van der Waals surface area contributed by atoms with Crippen molar-refractivity contribution in [2.75, 3.05) is 36.8 Å². The molecule has 0 saturated carbocycles. The molecule has 1 aliphatic rings. The summed E-state index contributed by atoms with van der Waals surface area (Å²) in [5.74, 6) is -1.36. The lowest BCUT2D eigenvalue weighted by Gasteiger charge is -2.38. The highest BCUT2D eigenvalue weighted by Gasteiger charge is 2.35. The molecule has 0 aromatic heterocycles. The molecule has 41 heavy (non-hydrogen) atoms. The molecule has 0 aliphatic carbocycles. The number of nitrogens with one attached hydrogen (secondary N) is 2. The summed E-state index contributed by atoms with van der Waals surface area (Å²) in [7, 11) is -2.57. The summed E-state index contributed by atoms with van der Waals surface area (Å²) in [6.07, 6.45) is -0.668. The van der Waals surface area contributed by atoms with Crippen molar-refractivity contribution in [2.24, 2.45) is 5.92 Å². The van der Waals surface area contributed by atoms with Crippen LogP contribution in [0.15, 0.2) is 77.7 Å². The number of para-hydroxylation sites is 2. The first-order chi connectivity index (χ1) is 19.5. The number of aliphatic hydroxyl groups excluding tert-OH is 1. The summed E-state index contributed by atoms with van der Waals surface area (Å²) < 4.78 is 48.6. The van der Waals surface area contributed by atoms with Gasteiger partial charge >= 0.3 is 6.03 Å². The molecule has 0 radical (unpaired) electrons. The predicted octanol–water partition coefficient (Wildman–Crippen LogP) is 4.01. The zero-order valence-corrected chi connectivity index (χ0v) is 23.8. The van der Waals surface area contributed by atoms with E-state index in [1.54, 1.807) is 38.2 Å². The number of fused-ring (bicyclic) bond motifs is 1. The molecule has 0 spiro atoms. The van der Waals surface area contributed by atoms with Gasteiger partial charge in [0.05, 0.1) is 35.3 Å². The fourth-order valence-corrected chi connectivity index (χ4v) is 5.51. The van der Waals surface area contributed by atoms with Crippen LogP contribution in [0.1, 0.15) is 24.2 Å². The first kappa shape index (κ1) is 29.8. The van der Waals surface area contributed by atoms with Gasteiger partial charge in [-0.3, -0.25) is 9.52 Å². The predicted molar refractivity (Wildman–Crippen MR) is 153 cm³/mol. The number of benzene rings is 3. The fraction of sp³-hybridized carbons (Fsp3) is 0.310. The number of aliphatic hydroxyl groups is 1. The van der Waals surface area contributed by atoms with Gasteiger partial charge < -0.3 is 25.0 Å². The van der Waals surface area contributed by atoms with Gasteiger partial charge in [0.1, 0.15) is 11.9 Å². The number of sulfonamides is 1. The Kier molecular flexibility index (Phi) is 9.14. The molecule has 1 heterocycles. The van der Waals surface area contributed by atoms with E-state index < -0.39 is 33.9 Å². The first-order valence-electron chi connectivity index (χ1n) is 13.1. The van der Waals surface area contributed by atoms with Crippen molar-refractivity contribution in [1.29, 1.82) is 0 Å². The molecule has 0 fully saturated rings. The van der Waals surface area contributed by atoms with Crippen LogP contribution in [0.2, 0.25) is 0 Å². The number of ether oxygens (including phenoxy) is 1. The minimum absolute atomic E-state index is 0.00673. The van der Waals surface area contributed by atoms with Crippen LogP contribution >= 0.6 is 0 Å². The summed E-state index contributed by atoms with van der Waals surface area (Å²) in [5, 5.41) is 12.7. The largest absolute Gasteiger partial charge is 0.485 e. The van der Waals surface area contributed by atoms with Crippen molar-refractivity contribution >= 4 is 33.3 Å². The number of hydrogen-bond donors (Lipinski definition) is 3. The zero-order valence-electron chi connectivity index (χ0n) is 23.0. The Balaban J connectivity index is 1.69. The molecular formula is C29H33FN4O6S. The maximum Gasteiger partial charge on any atom is 0.321 e. The molecule has 10 nitrogen and oxygen atoms in total. The smallest absolute Gasteiger partial charge is 0.321 e. The number of rotatable bonds is 8. The van der Waals surface area contributed by atoms with E-state index >= 15 is 0 Å². The van der Waals surface area contributed by atoms with E-state index in [9.17, 15) is 27.5 Å². The lowest BCUT2D eigenvalue weighted by atomic mass is 9.99. The summed E-state index contributed by atoms with van der Waals surface area (Å²) in [6, 6.07) is 16.9. The van der Waals surface area contributed by atoms with Gasteiger partial charge in [0.2, 0.25) is 0 Å². The van der Waals surface area contributed by atoms with Crippen molar-refractivity contribution in [1.82, 2.24) is 9.80 Å². The summed E-state index contributed by atoms with van der Waals surface area (Å²) >= 11 is 0. The average molecular weight is 585 g/mol. The standard InChI is InChI=1S/C29H33FN4O6S/c1-19-16-34(20(2)18-35)28(36)24-10-7-11-25(32-41(38,39)23-14-12-21(30)13-15-23)27(24)40-26(19)17-33(3)29(37)31-22-8-5-4-6-9-22/h4-15,19-20,26,32,35H,16-18H2,1-3H3,(H,31,37)/t19-,20+,26+/m0/s1. The molecule has 1 aliphatic heterocycles. The van der Waals surface area contributed by atoms with Gasteiger partial charge in [-0.1, -0.05) is 31.2 Å². The van der Waals surface area contributed by atoms with Crippen LogP contribution in [-0.2, 0) is 10.0 Å². The zero-order chi connectivity index (χ0) is 29.7. The van der Waals surface area contributed by atoms with E-state index in [0.29, 0.717) is 5.69 Å². The number of carbonyl (C=O) groups excluding carboxylic acids is 2. The van der Waals surface area contributed by atoms with E-state index in [2.05, 4.69) is 10.0 Å². The van der Waals surface area contributed by atoms with Crippen molar-refractivity contribution in [3.63, 3.8) is 0 Å². The second-order valence-corrected chi connectivity index (χ2v) is 11.7. The third kappa shape index (κ3) is 6.95.